The van der Waals surface area contributed by atoms with Gasteiger partial charge >= 0.3 is 12.2 Å². The molecule has 0 aliphatic carbocycles. The number of amides is 1. The molecule has 0 aliphatic rings. The molecule has 7 heteroatoms. The van der Waals surface area contributed by atoms with Crippen molar-refractivity contribution in [2.75, 3.05) is 6.54 Å². The third kappa shape index (κ3) is 8.93. The summed E-state index contributed by atoms with van der Waals surface area (Å²) in [5.41, 5.74) is 0.0857. The summed E-state index contributed by atoms with van der Waals surface area (Å²) in [6.07, 6.45) is 8.71. The Labute approximate surface area is 162 Å². The van der Waals surface area contributed by atoms with Gasteiger partial charge in [-0.1, -0.05) is 39.0 Å². The van der Waals surface area contributed by atoms with Gasteiger partial charge in [-0.05, 0) is 34.1 Å². The Kier molecular flexibility index (Phi) is 9.32. The van der Waals surface area contributed by atoms with E-state index < -0.39 is 11.7 Å². The van der Waals surface area contributed by atoms with Crippen LogP contribution in [0.3, 0.4) is 0 Å². The first kappa shape index (κ1) is 23.0. The van der Waals surface area contributed by atoms with Crippen LogP contribution in [0.25, 0.3) is 0 Å². The van der Waals surface area contributed by atoms with E-state index in [0.717, 1.165) is 17.4 Å². The normalized spacial score (nSPS) is 12.6. The molecule has 154 valence electrons. The van der Waals surface area contributed by atoms with Crippen molar-refractivity contribution >= 4 is 12.2 Å². The van der Waals surface area contributed by atoms with Crippen molar-refractivity contribution in [3.05, 3.63) is 18.2 Å². The standard InChI is InChI=1S/C20H35N3O4/c1-6-7-8-9-10-11-12-23(19(26)27-20(3,4)5)16(2)13-17-14-22(15-21-17)18(24)25/h14-16H,6-13H2,1-5H3,(H,24,25)/t16-/m1/s1. The predicted octanol–water partition coefficient (Wildman–Crippen LogP) is 4.94. The van der Waals surface area contributed by atoms with Gasteiger partial charge in [0.1, 0.15) is 11.9 Å². The predicted molar refractivity (Wildman–Crippen MR) is 105 cm³/mol. The third-order valence-corrected chi connectivity index (χ3v) is 4.27. The number of nitrogens with zero attached hydrogens (tertiary/aromatic N) is 3. The molecule has 0 aliphatic heterocycles. The zero-order valence-electron chi connectivity index (χ0n) is 17.4. The molecule has 27 heavy (non-hydrogen) atoms. The summed E-state index contributed by atoms with van der Waals surface area (Å²) in [4.78, 5) is 29.5. The van der Waals surface area contributed by atoms with Crippen LogP contribution in [0.2, 0.25) is 0 Å². The van der Waals surface area contributed by atoms with E-state index in [2.05, 4.69) is 11.9 Å². The minimum Gasteiger partial charge on any atom is -0.464 e. The Morgan fingerprint density at radius 3 is 2.41 bits per heavy atom. The van der Waals surface area contributed by atoms with Crippen molar-refractivity contribution in [1.29, 1.82) is 0 Å². The lowest BCUT2D eigenvalue weighted by molar-refractivity contribution is 0.0171. The first-order valence-corrected chi connectivity index (χ1v) is 9.89. The monoisotopic (exact) mass is 381 g/mol. The number of aromatic nitrogens is 2. The van der Waals surface area contributed by atoms with Gasteiger partial charge in [0.15, 0.2) is 0 Å². The molecule has 1 aromatic rings. The number of carboxylic acid groups (broad SMARTS) is 1. The minimum atomic E-state index is -1.07. The molecule has 0 radical (unpaired) electrons. The molecule has 1 rings (SSSR count). The largest absolute Gasteiger partial charge is 0.464 e. The van der Waals surface area contributed by atoms with Crippen molar-refractivity contribution in [3.8, 4) is 0 Å². The highest BCUT2D eigenvalue weighted by Crippen LogP contribution is 2.16. The Morgan fingerprint density at radius 2 is 1.85 bits per heavy atom. The van der Waals surface area contributed by atoms with Crippen molar-refractivity contribution in [2.45, 2.75) is 91.2 Å². The molecule has 0 fully saturated rings. The summed E-state index contributed by atoms with van der Waals surface area (Å²) in [7, 11) is 0. The highest BCUT2D eigenvalue weighted by molar-refractivity contribution is 5.69. The van der Waals surface area contributed by atoms with E-state index in [-0.39, 0.29) is 12.1 Å². The van der Waals surface area contributed by atoms with Crippen molar-refractivity contribution in [3.63, 3.8) is 0 Å². The minimum absolute atomic E-state index is 0.132. The SMILES string of the molecule is CCCCCCCCN(C(=O)OC(C)(C)C)[C@H](C)Cc1cn(C(=O)O)cn1. The highest BCUT2D eigenvalue weighted by atomic mass is 16.6. The van der Waals surface area contributed by atoms with Gasteiger partial charge in [0.2, 0.25) is 0 Å². The second-order valence-corrected chi connectivity index (χ2v) is 8.05. The van der Waals surface area contributed by atoms with Gasteiger partial charge in [-0.3, -0.25) is 0 Å². The van der Waals surface area contributed by atoms with Gasteiger partial charge in [0.05, 0.1) is 5.69 Å². The number of hydrogen-bond acceptors (Lipinski definition) is 4. The summed E-state index contributed by atoms with van der Waals surface area (Å²) >= 11 is 0. The smallest absolute Gasteiger partial charge is 0.416 e. The van der Waals surface area contributed by atoms with Crippen LogP contribution < -0.4 is 0 Å². The van der Waals surface area contributed by atoms with E-state index in [1.54, 1.807) is 4.90 Å². The van der Waals surface area contributed by atoms with Crippen LogP contribution in [0.1, 0.15) is 78.8 Å². The summed E-state index contributed by atoms with van der Waals surface area (Å²) in [6.45, 7) is 10.3. The average molecular weight is 382 g/mol. The third-order valence-electron chi connectivity index (χ3n) is 4.27. The van der Waals surface area contributed by atoms with Crippen LogP contribution in [-0.4, -0.2) is 49.9 Å². The van der Waals surface area contributed by atoms with E-state index in [0.29, 0.717) is 18.7 Å². The Balaban J connectivity index is 2.69. The number of imidazole rings is 1. The topological polar surface area (TPSA) is 84.7 Å². The van der Waals surface area contributed by atoms with Crippen LogP contribution in [0.5, 0.6) is 0 Å². The molecule has 1 N–H and O–H groups in total. The Morgan fingerprint density at radius 1 is 1.22 bits per heavy atom. The molecule has 1 amide bonds. The van der Waals surface area contributed by atoms with Gasteiger partial charge < -0.3 is 14.7 Å². The van der Waals surface area contributed by atoms with Gasteiger partial charge in [-0.2, -0.15) is 0 Å². The summed E-state index contributed by atoms with van der Waals surface area (Å²) in [5, 5.41) is 9.00. The van der Waals surface area contributed by atoms with Gasteiger partial charge in [-0.25, -0.2) is 19.1 Å². The fourth-order valence-corrected chi connectivity index (χ4v) is 2.86. The lowest BCUT2D eigenvalue weighted by Gasteiger charge is -2.31. The molecule has 0 saturated heterocycles. The average Bonchev–Trinajstić information content (AvgIpc) is 3.01. The zero-order valence-corrected chi connectivity index (χ0v) is 17.4. The molecule has 1 heterocycles. The first-order chi connectivity index (χ1) is 12.6. The van der Waals surface area contributed by atoms with Gasteiger partial charge in [-0.15, -0.1) is 0 Å². The summed E-state index contributed by atoms with van der Waals surface area (Å²) in [6, 6.07) is -0.132. The second-order valence-electron chi connectivity index (χ2n) is 8.05. The van der Waals surface area contributed by atoms with Crippen LogP contribution in [0.15, 0.2) is 12.5 Å². The number of unbranched alkanes of at least 4 members (excludes halogenated alkanes) is 5. The maximum absolute atomic E-state index is 12.7. The zero-order chi connectivity index (χ0) is 20.4. The fraction of sp³-hybridized carbons (Fsp3) is 0.750. The van der Waals surface area contributed by atoms with Crippen LogP contribution in [0, 0.1) is 0 Å². The number of carbonyl (C=O) groups excluding carboxylic acids is 1. The maximum atomic E-state index is 12.7. The summed E-state index contributed by atoms with van der Waals surface area (Å²) in [5.74, 6) is 0. The lowest BCUT2D eigenvalue weighted by Crippen LogP contribution is -2.43. The highest BCUT2D eigenvalue weighted by Gasteiger charge is 2.26. The molecular weight excluding hydrogens is 346 g/mol. The van der Waals surface area contributed by atoms with Gasteiger partial charge in [0.25, 0.3) is 0 Å². The van der Waals surface area contributed by atoms with Gasteiger partial charge in [0, 0.05) is 25.2 Å². The maximum Gasteiger partial charge on any atom is 0.416 e. The molecule has 1 atom stereocenters. The van der Waals surface area contributed by atoms with Crippen LogP contribution in [-0.2, 0) is 11.2 Å². The number of ether oxygens (including phenoxy) is 1. The first-order valence-electron chi connectivity index (χ1n) is 9.89. The molecule has 0 bridgehead atoms. The Bertz CT molecular complexity index is 592. The van der Waals surface area contributed by atoms with Crippen molar-refractivity contribution in [1.82, 2.24) is 14.5 Å². The van der Waals surface area contributed by atoms with E-state index >= 15 is 0 Å². The molecular formula is C20H35N3O4. The van der Waals surface area contributed by atoms with E-state index in [9.17, 15) is 9.59 Å². The van der Waals surface area contributed by atoms with Crippen molar-refractivity contribution in [2.24, 2.45) is 0 Å². The van der Waals surface area contributed by atoms with Crippen LogP contribution in [0.4, 0.5) is 9.59 Å². The molecule has 0 spiro atoms. The van der Waals surface area contributed by atoms with E-state index in [4.69, 9.17) is 9.84 Å². The van der Waals surface area contributed by atoms with Crippen LogP contribution >= 0.6 is 0 Å². The molecule has 1 aromatic heterocycles. The number of rotatable bonds is 10. The molecule has 0 saturated carbocycles. The Hall–Kier alpha value is -2.05. The summed E-state index contributed by atoms with van der Waals surface area (Å²) < 4.78 is 6.59. The van der Waals surface area contributed by atoms with E-state index in [1.807, 2.05) is 27.7 Å². The molecule has 0 aromatic carbocycles. The molecule has 0 unspecified atom stereocenters. The van der Waals surface area contributed by atoms with Crippen molar-refractivity contribution < 1.29 is 19.4 Å². The number of hydrogen-bond donors (Lipinski definition) is 1. The fourth-order valence-electron chi connectivity index (χ4n) is 2.86. The number of carbonyl (C=O) groups is 2. The lowest BCUT2D eigenvalue weighted by atomic mass is 10.1. The second kappa shape index (κ2) is 10.9. The molecule has 7 nitrogen and oxygen atoms in total. The quantitative estimate of drug-likeness (QED) is 0.580. The van der Waals surface area contributed by atoms with E-state index in [1.165, 1.54) is 38.2 Å².